The van der Waals surface area contributed by atoms with E-state index in [1.807, 2.05) is 42.6 Å². The molecule has 0 fully saturated rings. The highest BCUT2D eigenvalue weighted by molar-refractivity contribution is 8.00. The van der Waals surface area contributed by atoms with Gasteiger partial charge in [0.05, 0.1) is 10.6 Å². The summed E-state index contributed by atoms with van der Waals surface area (Å²) in [6.07, 6.45) is 0.634. The first kappa shape index (κ1) is 15.8. The normalized spacial score (nSPS) is 12.2. The molecule has 0 bridgehead atoms. The van der Waals surface area contributed by atoms with E-state index < -0.39 is 0 Å². The number of aromatic nitrogens is 2. The number of thiophene rings is 1. The SMILES string of the molecule is CC[C@H](Sc1nc2sccc2c(=O)[nH]1)C(=O)Nc1ccccc1. The van der Waals surface area contributed by atoms with Crippen molar-refractivity contribution in [3.05, 3.63) is 52.1 Å². The van der Waals surface area contributed by atoms with Crippen LogP contribution in [0.2, 0.25) is 0 Å². The maximum absolute atomic E-state index is 12.4. The van der Waals surface area contributed by atoms with Crippen molar-refractivity contribution < 1.29 is 4.79 Å². The van der Waals surface area contributed by atoms with E-state index in [2.05, 4.69) is 15.3 Å². The van der Waals surface area contributed by atoms with Crippen molar-refractivity contribution in [1.82, 2.24) is 9.97 Å². The molecule has 2 heterocycles. The first-order valence-electron chi connectivity index (χ1n) is 7.17. The monoisotopic (exact) mass is 345 g/mol. The molecular formula is C16H15N3O2S2. The first-order chi connectivity index (χ1) is 11.2. The Morgan fingerprint density at radius 2 is 2.13 bits per heavy atom. The summed E-state index contributed by atoms with van der Waals surface area (Å²) in [6.45, 7) is 1.93. The number of hydrogen-bond donors (Lipinski definition) is 2. The molecule has 0 saturated heterocycles. The fraction of sp³-hybridized carbons (Fsp3) is 0.188. The zero-order chi connectivity index (χ0) is 16.2. The Morgan fingerprint density at radius 3 is 2.87 bits per heavy atom. The second-order valence-electron chi connectivity index (χ2n) is 4.88. The van der Waals surface area contributed by atoms with Crippen molar-refractivity contribution in [2.75, 3.05) is 5.32 Å². The molecule has 1 aromatic carbocycles. The number of thioether (sulfide) groups is 1. The summed E-state index contributed by atoms with van der Waals surface area (Å²) in [5, 5.41) is 5.45. The van der Waals surface area contributed by atoms with Crippen LogP contribution >= 0.6 is 23.1 Å². The maximum atomic E-state index is 12.4. The molecule has 0 unspecified atom stereocenters. The van der Waals surface area contributed by atoms with Gasteiger partial charge in [0.15, 0.2) is 5.16 Å². The van der Waals surface area contributed by atoms with E-state index in [1.54, 1.807) is 6.07 Å². The predicted octanol–water partition coefficient (Wildman–Crippen LogP) is 3.49. The number of para-hydroxylation sites is 1. The van der Waals surface area contributed by atoms with Crippen molar-refractivity contribution in [3.63, 3.8) is 0 Å². The minimum Gasteiger partial charge on any atom is -0.325 e. The number of rotatable bonds is 5. The summed E-state index contributed by atoms with van der Waals surface area (Å²) in [7, 11) is 0. The molecule has 0 radical (unpaired) electrons. The van der Waals surface area contributed by atoms with Gasteiger partial charge < -0.3 is 10.3 Å². The van der Waals surface area contributed by atoms with E-state index in [0.29, 0.717) is 21.8 Å². The smallest absolute Gasteiger partial charge is 0.260 e. The number of carbonyl (C=O) groups excluding carboxylic acids is 1. The Balaban J connectivity index is 1.77. The number of fused-ring (bicyclic) bond motifs is 1. The number of carbonyl (C=O) groups is 1. The molecule has 118 valence electrons. The molecule has 0 aliphatic carbocycles. The van der Waals surface area contributed by atoms with Crippen molar-refractivity contribution >= 4 is 44.9 Å². The lowest BCUT2D eigenvalue weighted by atomic mass is 10.3. The summed E-state index contributed by atoms with van der Waals surface area (Å²) in [5.41, 5.74) is 0.587. The highest BCUT2D eigenvalue weighted by atomic mass is 32.2. The number of nitrogens with zero attached hydrogens (tertiary/aromatic N) is 1. The van der Waals surface area contributed by atoms with Crippen LogP contribution in [0.15, 0.2) is 51.7 Å². The number of anilines is 1. The van der Waals surface area contributed by atoms with E-state index >= 15 is 0 Å². The molecule has 23 heavy (non-hydrogen) atoms. The average molecular weight is 345 g/mol. The average Bonchev–Trinajstić information content (AvgIpc) is 3.02. The fourth-order valence-electron chi connectivity index (χ4n) is 2.10. The number of hydrogen-bond acceptors (Lipinski definition) is 5. The summed E-state index contributed by atoms with van der Waals surface area (Å²) in [6, 6.07) is 11.1. The Kier molecular flexibility index (Phi) is 4.78. The van der Waals surface area contributed by atoms with Crippen LogP contribution in [0.1, 0.15) is 13.3 Å². The van der Waals surface area contributed by atoms with Gasteiger partial charge in [0.2, 0.25) is 5.91 Å². The van der Waals surface area contributed by atoms with Crippen LogP contribution in [-0.2, 0) is 4.79 Å². The Morgan fingerprint density at radius 1 is 1.35 bits per heavy atom. The standard InChI is InChI=1S/C16H15N3O2S2/c1-2-12(14(21)17-10-6-4-3-5-7-10)23-16-18-13(20)11-8-9-22-15(11)19-16/h3-9,12H,2H2,1H3,(H,17,21)(H,18,19,20)/t12-/m0/s1. The minimum atomic E-state index is -0.323. The molecule has 1 amide bonds. The van der Waals surface area contributed by atoms with Crippen molar-refractivity contribution in [2.45, 2.75) is 23.8 Å². The van der Waals surface area contributed by atoms with Gasteiger partial charge in [0, 0.05) is 5.69 Å². The fourth-order valence-corrected chi connectivity index (χ4v) is 3.82. The van der Waals surface area contributed by atoms with E-state index in [1.165, 1.54) is 23.1 Å². The third-order valence-electron chi connectivity index (χ3n) is 3.27. The van der Waals surface area contributed by atoms with E-state index in [-0.39, 0.29) is 16.7 Å². The molecule has 3 aromatic rings. The van der Waals surface area contributed by atoms with Gasteiger partial charge in [-0.15, -0.1) is 11.3 Å². The molecule has 5 nitrogen and oxygen atoms in total. The first-order valence-corrected chi connectivity index (χ1v) is 8.93. The van der Waals surface area contributed by atoms with Crippen LogP contribution < -0.4 is 10.9 Å². The van der Waals surface area contributed by atoms with Crippen molar-refractivity contribution in [2.24, 2.45) is 0 Å². The molecule has 1 atom stereocenters. The van der Waals surface area contributed by atoms with Gasteiger partial charge in [-0.3, -0.25) is 9.59 Å². The molecule has 2 aromatic heterocycles. The molecule has 7 heteroatoms. The number of H-pyrrole nitrogens is 1. The van der Waals surface area contributed by atoms with Gasteiger partial charge in [-0.1, -0.05) is 36.9 Å². The number of benzene rings is 1. The molecule has 0 saturated carbocycles. The predicted molar refractivity (Wildman–Crippen MR) is 95.2 cm³/mol. The van der Waals surface area contributed by atoms with Crippen LogP contribution in [0.5, 0.6) is 0 Å². The summed E-state index contributed by atoms with van der Waals surface area (Å²) >= 11 is 2.69. The van der Waals surface area contributed by atoms with Gasteiger partial charge in [-0.2, -0.15) is 0 Å². The van der Waals surface area contributed by atoms with Crippen molar-refractivity contribution in [3.8, 4) is 0 Å². The van der Waals surface area contributed by atoms with Gasteiger partial charge in [0.25, 0.3) is 5.56 Å². The van der Waals surface area contributed by atoms with Crippen LogP contribution in [0.3, 0.4) is 0 Å². The second kappa shape index (κ2) is 6.97. The summed E-state index contributed by atoms with van der Waals surface area (Å²) in [5.74, 6) is -0.0994. The van der Waals surface area contributed by atoms with Gasteiger partial charge in [0.1, 0.15) is 4.83 Å². The second-order valence-corrected chi connectivity index (χ2v) is 6.97. The van der Waals surface area contributed by atoms with Crippen molar-refractivity contribution in [1.29, 1.82) is 0 Å². The topological polar surface area (TPSA) is 74.8 Å². The highest BCUT2D eigenvalue weighted by Crippen LogP contribution is 2.25. The van der Waals surface area contributed by atoms with Crippen LogP contribution in [0.4, 0.5) is 5.69 Å². The van der Waals surface area contributed by atoms with E-state index in [0.717, 1.165) is 5.69 Å². The minimum absolute atomic E-state index is 0.0994. The molecule has 0 spiro atoms. The maximum Gasteiger partial charge on any atom is 0.260 e. The van der Waals surface area contributed by atoms with Crippen LogP contribution in [0.25, 0.3) is 10.2 Å². The van der Waals surface area contributed by atoms with Crippen LogP contribution in [-0.4, -0.2) is 21.1 Å². The molecule has 3 rings (SSSR count). The quantitative estimate of drug-likeness (QED) is 0.548. The molecule has 0 aliphatic heterocycles. The number of nitrogens with one attached hydrogen (secondary N) is 2. The van der Waals surface area contributed by atoms with E-state index in [9.17, 15) is 9.59 Å². The molecule has 2 N–H and O–H groups in total. The summed E-state index contributed by atoms with van der Waals surface area (Å²) in [4.78, 5) is 32.2. The van der Waals surface area contributed by atoms with E-state index in [4.69, 9.17) is 0 Å². The summed E-state index contributed by atoms with van der Waals surface area (Å²) < 4.78 is 0. The number of aromatic amines is 1. The number of amides is 1. The lowest BCUT2D eigenvalue weighted by Gasteiger charge is -2.14. The lowest BCUT2D eigenvalue weighted by Crippen LogP contribution is -2.25. The third kappa shape index (κ3) is 3.62. The largest absolute Gasteiger partial charge is 0.325 e. The van der Waals surface area contributed by atoms with Gasteiger partial charge in [-0.25, -0.2) is 4.98 Å². The van der Waals surface area contributed by atoms with Gasteiger partial charge in [-0.05, 0) is 30.0 Å². The zero-order valence-electron chi connectivity index (χ0n) is 12.4. The third-order valence-corrected chi connectivity index (χ3v) is 5.33. The molecular weight excluding hydrogens is 330 g/mol. The van der Waals surface area contributed by atoms with Crippen LogP contribution in [0, 0.1) is 0 Å². The highest BCUT2D eigenvalue weighted by Gasteiger charge is 2.20. The molecule has 0 aliphatic rings. The lowest BCUT2D eigenvalue weighted by molar-refractivity contribution is -0.115. The Bertz CT molecular complexity index is 874. The van der Waals surface area contributed by atoms with Gasteiger partial charge >= 0.3 is 0 Å². The Hall–Kier alpha value is -2.12. The zero-order valence-corrected chi connectivity index (χ0v) is 14.0. The Labute approximate surface area is 141 Å².